The third kappa shape index (κ3) is 2.03. The average Bonchev–Trinajstić information content (AvgIpc) is 2.68. The second kappa shape index (κ2) is 3.57. The van der Waals surface area contributed by atoms with E-state index in [-0.39, 0.29) is 5.01 Å². The quantitative estimate of drug-likeness (QED) is 0.699. The van der Waals surface area contributed by atoms with E-state index in [4.69, 9.17) is 0 Å². The number of halogens is 4. The third-order valence-corrected chi connectivity index (χ3v) is 3.47. The maximum absolute atomic E-state index is 12.9. The van der Waals surface area contributed by atoms with Crippen LogP contribution in [0.25, 0.3) is 9.88 Å². The molecule has 0 spiro atoms. The largest absolute Gasteiger partial charge is 0.437 e. The number of aromatic nitrogens is 1. The van der Waals surface area contributed by atoms with Crippen molar-refractivity contribution in [3.05, 3.63) is 28.3 Å². The third-order valence-electron chi connectivity index (χ3n) is 1.59. The van der Waals surface area contributed by atoms with Crippen molar-refractivity contribution in [1.29, 1.82) is 0 Å². The van der Waals surface area contributed by atoms with Crippen LogP contribution in [-0.4, -0.2) is 4.98 Å². The Morgan fingerprint density at radius 3 is 2.47 bits per heavy atom. The van der Waals surface area contributed by atoms with Crippen molar-refractivity contribution < 1.29 is 17.6 Å². The lowest BCUT2D eigenvalue weighted by atomic mass is 10.4. The first-order chi connectivity index (χ1) is 6.98. The first-order valence-electron chi connectivity index (χ1n) is 3.76. The highest BCUT2D eigenvalue weighted by atomic mass is 32.1. The van der Waals surface area contributed by atoms with E-state index in [9.17, 15) is 17.6 Å². The Labute approximate surface area is 90.0 Å². The highest BCUT2D eigenvalue weighted by molar-refractivity contribution is 7.20. The SMILES string of the molecule is Fc1sc(-c2cccs2)nc1C(F)(F)F. The van der Waals surface area contributed by atoms with Crippen LogP contribution < -0.4 is 0 Å². The minimum Gasteiger partial charge on any atom is -0.228 e. The van der Waals surface area contributed by atoms with Crippen LogP contribution >= 0.6 is 22.7 Å². The first-order valence-corrected chi connectivity index (χ1v) is 5.45. The molecule has 0 amide bonds. The van der Waals surface area contributed by atoms with Crippen LogP contribution in [0.2, 0.25) is 0 Å². The molecule has 2 aromatic heterocycles. The molecule has 0 aliphatic rings. The molecular weight excluding hydrogens is 250 g/mol. The molecule has 2 rings (SSSR count). The fraction of sp³-hybridized carbons (Fsp3) is 0.125. The lowest BCUT2D eigenvalue weighted by Crippen LogP contribution is -2.07. The van der Waals surface area contributed by atoms with Crippen molar-refractivity contribution in [2.24, 2.45) is 0 Å². The van der Waals surface area contributed by atoms with Crippen LogP contribution in [-0.2, 0) is 6.18 Å². The molecule has 0 unspecified atom stereocenters. The molecule has 15 heavy (non-hydrogen) atoms. The summed E-state index contributed by atoms with van der Waals surface area (Å²) in [6, 6.07) is 3.27. The van der Waals surface area contributed by atoms with Crippen LogP contribution in [0.5, 0.6) is 0 Å². The molecule has 80 valence electrons. The zero-order chi connectivity index (χ0) is 11.1. The van der Waals surface area contributed by atoms with E-state index in [0.717, 1.165) is 0 Å². The van der Waals surface area contributed by atoms with Gasteiger partial charge in [-0.3, -0.25) is 0 Å². The maximum Gasteiger partial charge on any atom is 0.437 e. The van der Waals surface area contributed by atoms with Gasteiger partial charge in [0.05, 0.1) is 4.88 Å². The number of nitrogens with zero attached hydrogens (tertiary/aromatic N) is 1. The number of thiophene rings is 1. The Balaban J connectivity index is 2.47. The molecule has 7 heteroatoms. The molecule has 1 nitrogen and oxygen atoms in total. The fourth-order valence-corrected chi connectivity index (χ4v) is 2.59. The number of alkyl halides is 3. The lowest BCUT2D eigenvalue weighted by Gasteiger charge is -2.00. The Morgan fingerprint density at radius 2 is 2.00 bits per heavy atom. The molecule has 0 saturated heterocycles. The van der Waals surface area contributed by atoms with Crippen LogP contribution in [0.3, 0.4) is 0 Å². The Morgan fingerprint density at radius 1 is 1.27 bits per heavy atom. The van der Waals surface area contributed by atoms with Gasteiger partial charge in [0.2, 0.25) is 5.13 Å². The molecule has 0 aliphatic carbocycles. The zero-order valence-corrected chi connectivity index (χ0v) is 8.64. The van der Waals surface area contributed by atoms with Crippen LogP contribution in [0.15, 0.2) is 17.5 Å². The summed E-state index contributed by atoms with van der Waals surface area (Å²) >= 11 is 1.63. The van der Waals surface area contributed by atoms with Crippen molar-refractivity contribution in [1.82, 2.24) is 4.98 Å². The van der Waals surface area contributed by atoms with E-state index in [0.29, 0.717) is 16.2 Å². The molecular formula is C8H3F4NS2. The van der Waals surface area contributed by atoms with Crippen LogP contribution in [0, 0.1) is 5.13 Å². The predicted molar refractivity (Wildman–Crippen MR) is 50.4 cm³/mol. The van der Waals surface area contributed by atoms with Crippen LogP contribution in [0.1, 0.15) is 5.69 Å². The van der Waals surface area contributed by atoms with E-state index >= 15 is 0 Å². The van der Waals surface area contributed by atoms with E-state index in [1.807, 2.05) is 0 Å². The average molecular weight is 253 g/mol. The highest BCUT2D eigenvalue weighted by Crippen LogP contribution is 2.37. The summed E-state index contributed by atoms with van der Waals surface area (Å²) < 4.78 is 49.6. The van der Waals surface area contributed by atoms with Gasteiger partial charge >= 0.3 is 6.18 Å². The van der Waals surface area contributed by atoms with Gasteiger partial charge in [-0.15, -0.1) is 11.3 Å². The monoisotopic (exact) mass is 253 g/mol. The number of hydrogen-bond acceptors (Lipinski definition) is 3. The predicted octanol–water partition coefficient (Wildman–Crippen LogP) is 4.03. The highest BCUT2D eigenvalue weighted by Gasteiger charge is 2.38. The van der Waals surface area contributed by atoms with Gasteiger partial charge in [-0.1, -0.05) is 17.4 Å². The molecule has 0 N–H and O–H groups in total. The van der Waals surface area contributed by atoms with Crippen molar-refractivity contribution >= 4 is 22.7 Å². The topological polar surface area (TPSA) is 12.9 Å². The van der Waals surface area contributed by atoms with Crippen molar-refractivity contribution in [2.45, 2.75) is 6.18 Å². The second-order valence-corrected chi connectivity index (χ2v) is 4.51. The molecule has 2 heterocycles. The van der Waals surface area contributed by atoms with E-state index in [1.54, 1.807) is 17.5 Å². The summed E-state index contributed by atoms with van der Waals surface area (Å²) in [7, 11) is 0. The summed E-state index contributed by atoms with van der Waals surface area (Å²) in [6.07, 6.45) is -4.73. The van der Waals surface area contributed by atoms with Gasteiger partial charge < -0.3 is 0 Å². The Bertz CT molecular complexity index is 457. The molecule has 0 bridgehead atoms. The summed E-state index contributed by atoms with van der Waals surface area (Å²) in [5.74, 6) is 0. The minimum atomic E-state index is -4.73. The molecule has 0 saturated carbocycles. The summed E-state index contributed by atoms with van der Waals surface area (Å²) in [4.78, 5) is 3.79. The van der Waals surface area contributed by atoms with Crippen molar-refractivity contribution in [2.75, 3.05) is 0 Å². The lowest BCUT2D eigenvalue weighted by molar-refractivity contribution is -0.142. The van der Waals surface area contributed by atoms with Gasteiger partial charge in [-0.25, -0.2) is 4.98 Å². The number of thiazole rings is 1. The summed E-state index contributed by atoms with van der Waals surface area (Å²) in [5, 5.41) is 0.475. The molecule has 0 aromatic carbocycles. The van der Waals surface area contributed by atoms with Gasteiger partial charge in [0.1, 0.15) is 5.01 Å². The summed E-state index contributed by atoms with van der Waals surface area (Å²) in [6.45, 7) is 0. The smallest absolute Gasteiger partial charge is 0.228 e. The fourth-order valence-electron chi connectivity index (χ4n) is 0.982. The van der Waals surface area contributed by atoms with Crippen molar-refractivity contribution in [3.8, 4) is 9.88 Å². The maximum atomic E-state index is 12.9. The normalized spacial score (nSPS) is 12.0. The summed E-state index contributed by atoms with van der Waals surface area (Å²) in [5.41, 5.74) is -1.43. The Hall–Kier alpha value is -0.950. The van der Waals surface area contributed by atoms with E-state index in [2.05, 4.69) is 4.98 Å². The van der Waals surface area contributed by atoms with Gasteiger partial charge in [-0.05, 0) is 11.4 Å². The van der Waals surface area contributed by atoms with Gasteiger partial charge in [0.15, 0.2) is 5.69 Å². The van der Waals surface area contributed by atoms with Crippen LogP contribution in [0.4, 0.5) is 17.6 Å². The van der Waals surface area contributed by atoms with E-state index in [1.165, 1.54) is 11.3 Å². The zero-order valence-electron chi connectivity index (χ0n) is 7.01. The first kappa shape index (κ1) is 10.6. The standard InChI is InChI=1S/C8H3F4NS2/c9-6-5(8(10,11)12)13-7(15-6)4-2-1-3-14-4/h1-3H. The number of hydrogen-bond donors (Lipinski definition) is 0. The minimum absolute atomic E-state index is 0.0647. The van der Waals surface area contributed by atoms with E-state index < -0.39 is 17.0 Å². The second-order valence-electron chi connectivity index (χ2n) is 2.62. The van der Waals surface area contributed by atoms with Gasteiger partial charge in [0.25, 0.3) is 0 Å². The number of rotatable bonds is 1. The molecule has 0 fully saturated rings. The molecule has 0 aliphatic heterocycles. The molecule has 0 radical (unpaired) electrons. The molecule has 0 atom stereocenters. The van der Waals surface area contributed by atoms with Crippen molar-refractivity contribution in [3.63, 3.8) is 0 Å². The van der Waals surface area contributed by atoms with Gasteiger partial charge in [-0.2, -0.15) is 17.6 Å². The molecule has 2 aromatic rings. The van der Waals surface area contributed by atoms with Gasteiger partial charge in [0, 0.05) is 0 Å². The Kier molecular flexibility index (Phi) is 2.51.